The average molecular weight is 777 g/mol. The van der Waals surface area contributed by atoms with Gasteiger partial charge in [0.05, 0.1) is 57.3 Å². The van der Waals surface area contributed by atoms with Crippen LogP contribution in [0.15, 0.2) is 59.7 Å². The van der Waals surface area contributed by atoms with Crippen molar-refractivity contribution in [2.75, 3.05) is 33.9 Å². The van der Waals surface area contributed by atoms with Gasteiger partial charge >= 0.3 is 12.2 Å². The number of hydrogen-bond acceptors (Lipinski definition) is 9. The van der Waals surface area contributed by atoms with Gasteiger partial charge in [-0.3, -0.25) is 14.6 Å². The first-order valence-corrected chi connectivity index (χ1v) is 18.9. The van der Waals surface area contributed by atoms with Gasteiger partial charge in [-0.15, -0.1) is 0 Å². The number of alkyl carbamates (subject to hydrolysis) is 2. The molecule has 14 nitrogen and oxygen atoms in total. The molecule has 2 saturated heterocycles. The summed E-state index contributed by atoms with van der Waals surface area (Å²) in [6, 6.07) is 12.8. The fraction of sp³-hybridized carbons (Fsp3) is 0.500. The number of halogens is 2. The molecule has 6 rings (SSSR count). The Balaban J connectivity index is 1.09. The number of ether oxygens (including phenoxy) is 2. The molecule has 0 bridgehead atoms. The Kier molecular flexibility index (Phi) is 12.0. The third-order valence-electron chi connectivity index (χ3n) is 10.7. The van der Waals surface area contributed by atoms with Crippen molar-refractivity contribution in [2.24, 2.45) is 16.8 Å². The largest absolute Gasteiger partial charge is 0.453 e. The number of likely N-dealkylation sites (tertiary alicyclic amines) is 2. The molecule has 2 aromatic carbocycles. The summed E-state index contributed by atoms with van der Waals surface area (Å²) in [4.78, 5) is 66.4. The number of carbonyl (C=O) groups excluding carboxylic acids is 4. The number of amidine groups is 1. The van der Waals surface area contributed by atoms with Crippen molar-refractivity contribution in [1.29, 1.82) is 0 Å². The van der Waals surface area contributed by atoms with Crippen molar-refractivity contribution in [1.82, 2.24) is 35.7 Å². The van der Waals surface area contributed by atoms with Crippen LogP contribution in [0, 0.1) is 11.8 Å². The SMILES string of the molecule is COC(=O)N[C@H](C(=O)N1CC(F)(F)C[C@H]1C1=NCC(c2ccc(-c3ccc(-c4cnc([C@@H]5CCCN5C(=O)[C@@H](NC(=O)OC)C(C)C)[nH]4)cc3)cc2)N1)C(C)C. The normalized spacial score (nSPS) is 21.4. The molecule has 3 aliphatic heterocycles. The lowest BCUT2D eigenvalue weighted by Crippen LogP contribution is -2.55. The molecular formula is C40H50F2N8O6. The molecule has 4 heterocycles. The van der Waals surface area contributed by atoms with Gasteiger partial charge in [0, 0.05) is 13.0 Å². The van der Waals surface area contributed by atoms with Crippen LogP contribution in [0.25, 0.3) is 22.4 Å². The maximum Gasteiger partial charge on any atom is 0.407 e. The molecular weight excluding hydrogens is 726 g/mol. The van der Waals surface area contributed by atoms with Crippen LogP contribution < -0.4 is 16.0 Å². The van der Waals surface area contributed by atoms with E-state index >= 15 is 0 Å². The number of imidazole rings is 1. The Labute approximate surface area is 324 Å². The first-order chi connectivity index (χ1) is 26.7. The highest BCUT2D eigenvalue weighted by Gasteiger charge is 2.51. The molecule has 2 fully saturated rings. The summed E-state index contributed by atoms with van der Waals surface area (Å²) in [5, 5.41) is 8.45. The van der Waals surface area contributed by atoms with Gasteiger partial charge in [0.15, 0.2) is 0 Å². The van der Waals surface area contributed by atoms with Gasteiger partial charge in [-0.05, 0) is 46.9 Å². The molecule has 5 atom stereocenters. The van der Waals surface area contributed by atoms with Crippen molar-refractivity contribution >= 4 is 29.8 Å². The van der Waals surface area contributed by atoms with E-state index in [1.165, 1.54) is 14.2 Å². The number of aromatic nitrogens is 2. The lowest BCUT2D eigenvalue weighted by Gasteiger charge is -2.30. The predicted octanol–water partition coefficient (Wildman–Crippen LogP) is 5.45. The van der Waals surface area contributed by atoms with Gasteiger partial charge in [-0.1, -0.05) is 76.2 Å². The number of aliphatic imine (C=N–C) groups is 1. The van der Waals surface area contributed by atoms with Crippen LogP contribution >= 0.6 is 0 Å². The summed E-state index contributed by atoms with van der Waals surface area (Å²) in [6.07, 6.45) is 1.32. The number of benzene rings is 2. The molecule has 16 heteroatoms. The predicted molar refractivity (Wildman–Crippen MR) is 205 cm³/mol. The average Bonchev–Trinajstić information content (AvgIpc) is 4.01. The second-order valence-electron chi connectivity index (χ2n) is 15.3. The van der Waals surface area contributed by atoms with Crippen molar-refractivity contribution < 1.29 is 37.4 Å². The summed E-state index contributed by atoms with van der Waals surface area (Å²) < 4.78 is 38.9. The van der Waals surface area contributed by atoms with Crippen LogP contribution in [0.3, 0.4) is 0 Å². The lowest BCUT2D eigenvalue weighted by atomic mass is 9.99. The lowest BCUT2D eigenvalue weighted by molar-refractivity contribution is -0.136. The van der Waals surface area contributed by atoms with Crippen molar-refractivity contribution in [2.45, 2.75) is 83.1 Å². The molecule has 0 radical (unpaired) electrons. The van der Waals surface area contributed by atoms with Gasteiger partial charge in [-0.25, -0.2) is 23.4 Å². The molecule has 0 aliphatic carbocycles. The zero-order chi connectivity index (χ0) is 40.3. The maximum absolute atomic E-state index is 14.8. The van der Waals surface area contributed by atoms with Crippen molar-refractivity contribution in [3.63, 3.8) is 0 Å². The molecule has 4 N–H and O–H groups in total. The number of carbonyl (C=O) groups is 4. The van der Waals surface area contributed by atoms with Crippen LogP contribution in [0.1, 0.15) is 70.4 Å². The van der Waals surface area contributed by atoms with Gasteiger partial charge < -0.3 is 40.2 Å². The highest BCUT2D eigenvalue weighted by Crippen LogP contribution is 2.36. The monoisotopic (exact) mass is 776 g/mol. The van der Waals surface area contributed by atoms with Gasteiger partial charge in [0.2, 0.25) is 11.8 Å². The Bertz CT molecular complexity index is 1930. The highest BCUT2D eigenvalue weighted by molar-refractivity contribution is 5.95. The first kappa shape index (κ1) is 40.1. The number of amides is 4. The molecule has 1 unspecified atom stereocenters. The summed E-state index contributed by atoms with van der Waals surface area (Å²) in [5.41, 5.74) is 4.64. The van der Waals surface area contributed by atoms with Crippen molar-refractivity contribution in [3.05, 3.63) is 66.1 Å². The standard InChI is InChI=1S/C40H50F2N8O6/c1-22(2)32(47-38(53)55-5)36(51)49-17-7-8-30(49)34-43-19-28(45-34)26-13-9-24(10-14-26)25-11-15-27(16-12-25)29-20-44-35(46-29)31-18-40(41,42)21-50(31)37(52)33(23(3)4)48-39(54)56-6/h9-16,19,22-23,29-33H,7-8,17-18,20-21H2,1-6H3,(H,43,45)(H,44,46)(H,47,53)(H,48,54)/t29?,30-,31-,32-,33-/m0/s1. The smallest absolute Gasteiger partial charge is 0.407 e. The minimum atomic E-state index is -3.10. The third kappa shape index (κ3) is 8.63. The van der Waals surface area contributed by atoms with Crippen LogP contribution in [0.2, 0.25) is 0 Å². The Morgan fingerprint density at radius 3 is 1.95 bits per heavy atom. The Morgan fingerprint density at radius 2 is 1.38 bits per heavy atom. The number of hydrogen-bond donors (Lipinski definition) is 4. The summed E-state index contributed by atoms with van der Waals surface area (Å²) in [5.74, 6) is -3.35. The number of rotatable bonds is 11. The fourth-order valence-corrected chi connectivity index (χ4v) is 7.62. The molecule has 0 saturated carbocycles. The topological polar surface area (TPSA) is 170 Å². The van der Waals surface area contributed by atoms with E-state index in [9.17, 15) is 28.0 Å². The van der Waals surface area contributed by atoms with E-state index in [1.54, 1.807) is 24.9 Å². The minimum absolute atomic E-state index is 0.126. The van der Waals surface area contributed by atoms with E-state index in [-0.39, 0.29) is 29.8 Å². The Hall–Kier alpha value is -5.54. The molecule has 56 heavy (non-hydrogen) atoms. The summed E-state index contributed by atoms with van der Waals surface area (Å²) in [6.45, 7) is 7.34. The third-order valence-corrected chi connectivity index (χ3v) is 10.7. The Morgan fingerprint density at radius 1 is 0.821 bits per heavy atom. The van der Waals surface area contributed by atoms with E-state index in [2.05, 4.69) is 35.6 Å². The van der Waals surface area contributed by atoms with Crippen LogP contribution in [-0.4, -0.2) is 108 Å². The molecule has 3 aromatic rings. The number of aromatic amines is 1. The van der Waals surface area contributed by atoms with E-state index in [0.717, 1.165) is 45.7 Å². The second-order valence-corrected chi connectivity index (χ2v) is 15.3. The zero-order valence-electron chi connectivity index (χ0n) is 32.5. The maximum atomic E-state index is 14.8. The number of nitrogens with one attached hydrogen (secondary N) is 4. The number of H-pyrrole nitrogens is 1. The van der Waals surface area contributed by atoms with Crippen LogP contribution in [0.5, 0.6) is 0 Å². The van der Waals surface area contributed by atoms with Gasteiger partial charge in [-0.2, -0.15) is 0 Å². The van der Waals surface area contributed by atoms with E-state index < -0.39 is 55.1 Å². The molecule has 1 aromatic heterocycles. The van der Waals surface area contributed by atoms with Gasteiger partial charge in [0.1, 0.15) is 23.7 Å². The van der Waals surface area contributed by atoms with E-state index in [1.807, 2.05) is 62.4 Å². The quantitative estimate of drug-likeness (QED) is 0.199. The number of alkyl halides is 2. The van der Waals surface area contributed by atoms with Crippen molar-refractivity contribution in [3.8, 4) is 22.4 Å². The van der Waals surface area contributed by atoms with E-state index in [4.69, 9.17) is 4.74 Å². The van der Waals surface area contributed by atoms with Crippen LogP contribution in [-0.2, 0) is 19.1 Å². The minimum Gasteiger partial charge on any atom is -0.453 e. The number of methoxy groups -OCH3 is 2. The molecule has 3 aliphatic rings. The van der Waals surface area contributed by atoms with Gasteiger partial charge in [0.25, 0.3) is 5.92 Å². The number of nitrogens with zero attached hydrogens (tertiary/aromatic N) is 4. The summed E-state index contributed by atoms with van der Waals surface area (Å²) >= 11 is 0. The zero-order valence-corrected chi connectivity index (χ0v) is 32.5. The van der Waals surface area contributed by atoms with Crippen LogP contribution in [0.4, 0.5) is 18.4 Å². The van der Waals surface area contributed by atoms with E-state index in [0.29, 0.717) is 24.7 Å². The second kappa shape index (κ2) is 16.7. The highest BCUT2D eigenvalue weighted by atomic mass is 19.3. The molecule has 0 spiro atoms. The fourth-order valence-electron chi connectivity index (χ4n) is 7.62. The summed E-state index contributed by atoms with van der Waals surface area (Å²) in [7, 11) is 2.45. The molecule has 300 valence electrons. The molecule has 4 amide bonds. The first-order valence-electron chi connectivity index (χ1n) is 18.9.